The summed E-state index contributed by atoms with van der Waals surface area (Å²) in [7, 11) is 4.14. The van der Waals surface area contributed by atoms with E-state index in [0.29, 0.717) is 12.6 Å². The maximum absolute atomic E-state index is 12.2. The van der Waals surface area contributed by atoms with Gasteiger partial charge in [0.05, 0.1) is 6.54 Å². The number of nitrogens with zero attached hydrogens (tertiary/aromatic N) is 3. The lowest BCUT2D eigenvalue weighted by Crippen LogP contribution is -2.40. The van der Waals surface area contributed by atoms with Gasteiger partial charge in [-0.1, -0.05) is 12.1 Å². The fourth-order valence-corrected chi connectivity index (χ4v) is 2.78. The number of aliphatic imine (C=N–C) groups is 1. The molecule has 1 aliphatic carbocycles. The number of benzene rings is 1. The van der Waals surface area contributed by atoms with Crippen LogP contribution in [0, 0.1) is 0 Å². The van der Waals surface area contributed by atoms with Gasteiger partial charge in [-0.15, -0.1) is 0 Å². The Morgan fingerprint density at radius 1 is 1.27 bits per heavy atom. The SMILES string of the molecule is CCNC(=NCC(C)N(C)C1CC1)N(C)Cc1ccc(OC(F)F)cc1. The monoisotopic (exact) mass is 368 g/mol. The van der Waals surface area contributed by atoms with Crippen LogP contribution < -0.4 is 10.1 Å². The minimum absolute atomic E-state index is 0.170. The minimum Gasteiger partial charge on any atom is -0.435 e. The topological polar surface area (TPSA) is 40.1 Å². The number of rotatable bonds is 9. The molecule has 0 heterocycles. The molecule has 1 fully saturated rings. The Hall–Kier alpha value is -1.89. The largest absolute Gasteiger partial charge is 0.435 e. The van der Waals surface area contributed by atoms with E-state index >= 15 is 0 Å². The van der Waals surface area contributed by atoms with Gasteiger partial charge in [0.1, 0.15) is 5.75 Å². The minimum atomic E-state index is -2.80. The van der Waals surface area contributed by atoms with Gasteiger partial charge in [0, 0.05) is 32.2 Å². The second-order valence-electron chi connectivity index (χ2n) is 6.82. The zero-order valence-corrected chi connectivity index (χ0v) is 16.1. The standard InChI is InChI=1S/C19H30F2N4O/c1-5-22-19(23-12-14(2)25(4)16-8-9-16)24(3)13-15-6-10-17(11-7-15)26-18(20)21/h6-7,10-11,14,16,18H,5,8-9,12-13H2,1-4H3,(H,22,23). The molecule has 1 aliphatic rings. The number of ether oxygens (including phenoxy) is 1. The van der Waals surface area contributed by atoms with Gasteiger partial charge in [-0.25, -0.2) is 0 Å². The molecule has 0 saturated heterocycles. The lowest BCUT2D eigenvalue weighted by atomic mass is 10.2. The molecule has 1 saturated carbocycles. The fourth-order valence-electron chi connectivity index (χ4n) is 2.78. The first-order chi connectivity index (χ1) is 12.4. The van der Waals surface area contributed by atoms with E-state index in [9.17, 15) is 8.78 Å². The Morgan fingerprint density at radius 2 is 1.92 bits per heavy atom. The van der Waals surface area contributed by atoms with E-state index < -0.39 is 6.61 Å². The van der Waals surface area contributed by atoms with E-state index in [0.717, 1.165) is 30.7 Å². The molecule has 1 unspecified atom stereocenters. The molecular weight excluding hydrogens is 338 g/mol. The van der Waals surface area contributed by atoms with Crippen LogP contribution in [0.15, 0.2) is 29.3 Å². The quantitative estimate of drug-likeness (QED) is 0.537. The molecule has 0 aliphatic heterocycles. The molecule has 7 heteroatoms. The average molecular weight is 368 g/mol. The molecule has 146 valence electrons. The Kier molecular flexibility index (Phi) is 7.63. The molecule has 1 N–H and O–H groups in total. The zero-order chi connectivity index (χ0) is 19.1. The van der Waals surface area contributed by atoms with Crippen molar-refractivity contribution in [2.24, 2.45) is 4.99 Å². The average Bonchev–Trinajstić information content (AvgIpc) is 3.43. The normalized spacial score (nSPS) is 16.1. The van der Waals surface area contributed by atoms with Gasteiger partial charge in [0.2, 0.25) is 0 Å². The van der Waals surface area contributed by atoms with Gasteiger partial charge >= 0.3 is 6.61 Å². The van der Waals surface area contributed by atoms with E-state index in [2.05, 4.69) is 28.9 Å². The highest BCUT2D eigenvalue weighted by atomic mass is 19.3. The smallest absolute Gasteiger partial charge is 0.387 e. The summed E-state index contributed by atoms with van der Waals surface area (Å²) in [6, 6.07) is 7.82. The Labute approximate surface area is 155 Å². The van der Waals surface area contributed by atoms with Crippen LogP contribution in [-0.4, -0.2) is 61.6 Å². The summed E-state index contributed by atoms with van der Waals surface area (Å²) in [5.41, 5.74) is 1.00. The van der Waals surface area contributed by atoms with Crippen LogP contribution in [-0.2, 0) is 6.54 Å². The van der Waals surface area contributed by atoms with E-state index in [-0.39, 0.29) is 5.75 Å². The summed E-state index contributed by atoms with van der Waals surface area (Å²) in [5, 5.41) is 3.31. The van der Waals surface area contributed by atoms with Crippen molar-refractivity contribution in [1.82, 2.24) is 15.1 Å². The van der Waals surface area contributed by atoms with Crippen LogP contribution >= 0.6 is 0 Å². The van der Waals surface area contributed by atoms with Crippen molar-refractivity contribution in [2.75, 3.05) is 27.2 Å². The summed E-state index contributed by atoms with van der Waals surface area (Å²) in [6.45, 7) is 3.60. The van der Waals surface area contributed by atoms with Crippen molar-refractivity contribution >= 4 is 5.96 Å². The van der Waals surface area contributed by atoms with Crippen LogP contribution in [0.2, 0.25) is 0 Å². The van der Waals surface area contributed by atoms with Crippen molar-refractivity contribution in [1.29, 1.82) is 0 Å². The molecule has 0 radical (unpaired) electrons. The Morgan fingerprint density at radius 3 is 2.46 bits per heavy atom. The summed E-state index contributed by atoms with van der Waals surface area (Å²) in [6.07, 6.45) is 2.57. The van der Waals surface area contributed by atoms with E-state index in [1.807, 2.05) is 18.9 Å². The van der Waals surface area contributed by atoms with E-state index in [4.69, 9.17) is 4.99 Å². The number of likely N-dealkylation sites (N-methyl/N-ethyl adjacent to an activating group) is 1. The molecule has 0 amide bonds. The Balaban J connectivity index is 1.93. The van der Waals surface area contributed by atoms with E-state index in [1.165, 1.54) is 12.8 Å². The van der Waals surface area contributed by atoms with Gasteiger partial charge in [0.15, 0.2) is 5.96 Å². The third kappa shape index (κ3) is 6.44. The van der Waals surface area contributed by atoms with Gasteiger partial charge in [-0.05, 0) is 51.4 Å². The van der Waals surface area contributed by atoms with Crippen LogP contribution in [0.4, 0.5) is 8.78 Å². The zero-order valence-electron chi connectivity index (χ0n) is 16.1. The lowest BCUT2D eigenvalue weighted by Gasteiger charge is -2.25. The molecule has 5 nitrogen and oxygen atoms in total. The van der Waals surface area contributed by atoms with Crippen LogP contribution in [0.5, 0.6) is 5.75 Å². The summed E-state index contributed by atoms with van der Waals surface area (Å²) in [5.74, 6) is 1.01. The maximum Gasteiger partial charge on any atom is 0.387 e. The number of hydrogen-bond donors (Lipinski definition) is 1. The first-order valence-electron chi connectivity index (χ1n) is 9.15. The number of nitrogens with one attached hydrogen (secondary N) is 1. The fraction of sp³-hybridized carbons (Fsp3) is 0.632. The molecule has 1 atom stereocenters. The van der Waals surface area contributed by atoms with Gasteiger partial charge in [0.25, 0.3) is 0 Å². The van der Waals surface area contributed by atoms with Crippen molar-refractivity contribution < 1.29 is 13.5 Å². The molecule has 2 rings (SSSR count). The van der Waals surface area contributed by atoms with Gasteiger partial charge in [-0.3, -0.25) is 9.89 Å². The highest BCUT2D eigenvalue weighted by molar-refractivity contribution is 5.79. The van der Waals surface area contributed by atoms with Crippen molar-refractivity contribution in [3.05, 3.63) is 29.8 Å². The van der Waals surface area contributed by atoms with Crippen LogP contribution in [0.3, 0.4) is 0 Å². The van der Waals surface area contributed by atoms with Crippen molar-refractivity contribution in [3.8, 4) is 5.75 Å². The Bertz CT molecular complexity index is 575. The first-order valence-corrected chi connectivity index (χ1v) is 9.15. The molecule has 26 heavy (non-hydrogen) atoms. The molecule has 0 aromatic heterocycles. The summed E-state index contributed by atoms with van der Waals surface area (Å²) in [4.78, 5) is 9.20. The molecule has 1 aromatic rings. The third-order valence-electron chi connectivity index (χ3n) is 4.59. The number of hydrogen-bond acceptors (Lipinski definition) is 3. The second-order valence-corrected chi connectivity index (χ2v) is 6.82. The van der Waals surface area contributed by atoms with Crippen LogP contribution in [0.1, 0.15) is 32.3 Å². The third-order valence-corrected chi connectivity index (χ3v) is 4.59. The molecule has 0 bridgehead atoms. The maximum atomic E-state index is 12.2. The first kappa shape index (κ1) is 20.4. The number of guanidine groups is 1. The van der Waals surface area contributed by atoms with E-state index in [1.54, 1.807) is 24.3 Å². The lowest BCUT2D eigenvalue weighted by molar-refractivity contribution is -0.0498. The van der Waals surface area contributed by atoms with Crippen molar-refractivity contribution in [2.45, 2.75) is 51.9 Å². The van der Waals surface area contributed by atoms with Gasteiger partial charge < -0.3 is 15.0 Å². The predicted octanol–water partition coefficient (Wildman–Crippen LogP) is 3.17. The molecule has 0 spiro atoms. The highest BCUT2D eigenvalue weighted by Crippen LogP contribution is 2.26. The predicted molar refractivity (Wildman–Crippen MR) is 101 cm³/mol. The summed E-state index contributed by atoms with van der Waals surface area (Å²) < 4.78 is 28.8. The number of halogens is 2. The second kappa shape index (κ2) is 9.71. The number of alkyl halides is 2. The highest BCUT2D eigenvalue weighted by Gasteiger charge is 2.28. The molecule has 1 aromatic carbocycles. The van der Waals surface area contributed by atoms with Crippen molar-refractivity contribution in [3.63, 3.8) is 0 Å². The van der Waals surface area contributed by atoms with Gasteiger partial charge in [-0.2, -0.15) is 8.78 Å². The molecular formula is C19H30F2N4O. The summed E-state index contributed by atoms with van der Waals surface area (Å²) >= 11 is 0. The van der Waals surface area contributed by atoms with Crippen LogP contribution in [0.25, 0.3) is 0 Å².